The van der Waals surface area contributed by atoms with E-state index in [0.29, 0.717) is 19.0 Å². The standard InChI is InChI=1S/C19H20N4O3/c1-11-17(13(3)26-21-11)18-12(2)22-10-16(24)23(19(22)20-18)9-14-5-7-15(25-4)8-6-14/h5-8H,9-10H2,1-4H3. The van der Waals surface area contributed by atoms with Gasteiger partial charge in [0.2, 0.25) is 11.9 Å². The van der Waals surface area contributed by atoms with Crippen LogP contribution in [-0.2, 0) is 17.9 Å². The number of carbonyl (C=O) groups is 1. The van der Waals surface area contributed by atoms with E-state index in [1.54, 1.807) is 12.0 Å². The molecule has 0 saturated carbocycles. The molecule has 0 spiro atoms. The minimum atomic E-state index is 0.0386. The molecule has 7 nitrogen and oxygen atoms in total. The van der Waals surface area contributed by atoms with Crippen molar-refractivity contribution in [2.45, 2.75) is 33.9 Å². The van der Waals surface area contributed by atoms with Crippen molar-refractivity contribution >= 4 is 11.9 Å². The Morgan fingerprint density at radius 2 is 1.92 bits per heavy atom. The largest absolute Gasteiger partial charge is 0.497 e. The molecule has 0 unspecified atom stereocenters. The summed E-state index contributed by atoms with van der Waals surface area (Å²) in [4.78, 5) is 19.0. The number of imidazole rings is 1. The number of hydrogen-bond acceptors (Lipinski definition) is 5. The first-order chi connectivity index (χ1) is 12.5. The number of rotatable bonds is 4. The predicted octanol–water partition coefficient (Wildman–Crippen LogP) is 3.02. The highest BCUT2D eigenvalue weighted by molar-refractivity contribution is 5.96. The molecule has 134 valence electrons. The number of ether oxygens (including phenoxy) is 1. The van der Waals surface area contributed by atoms with Gasteiger partial charge in [-0.15, -0.1) is 0 Å². The SMILES string of the molecule is COc1ccc(CN2C(=O)Cn3c2nc(-c2c(C)noc2C)c3C)cc1. The lowest BCUT2D eigenvalue weighted by Gasteiger charge is -2.14. The van der Waals surface area contributed by atoms with E-state index < -0.39 is 0 Å². The van der Waals surface area contributed by atoms with Gasteiger partial charge in [-0.2, -0.15) is 0 Å². The molecule has 3 heterocycles. The van der Waals surface area contributed by atoms with Gasteiger partial charge in [-0.3, -0.25) is 9.69 Å². The molecular formula is C19H20N4O3. The van der Waals surface area contributed by atoms with Gasteiger partial charge in [-0.05, 0) is 38.5 Å². The smallest absolute Gasteiger partial charge is 0.249 e. The van der Waals surface area contributed by atoms with Crippen LogP contribution < -0.4 is 9.64 Å². The van der Waals surface area contributed by atoms with Crippen LogP contribution in [0.15, 0.2) is 28.8 Å². The zero-order valence-electron chi connectivity index (χ0n) is 15.2. The summed E-state index contributed by atoms with van der Waals surface area (Å²) in [7, 11) is 1.63. The van der Waals surface area contributed by atoms with Gasteiger partial charge in [-0.1, -0.05) is 17.3 Å². The third kappa shape index (κ3) is 2.47. The molecule has 0 N–H and O–H groups in total. The van der Waals surface area contributed by atoms with Crippen LogP contribution in [0.1, 0.15) is 22.7 Å². The summed E-state index contributed by atoms with van der Waals surface area (Å²) >= 11 is 0. The van der Waals surface area contributed by atoms with Crippen LogP contribution in [0.3, 0.4) is 0 Å². The van der Waals surface area contributed by atoms with E-state index in [9.17, 15) is 4.79 Å². The number of benzene rings is 1. The second-order valence-corrected chi connectivity index (χ2v) is 6.46. The molecule has 2 aromatic heterocycles. The fourth-order valence-electron chi connectivity index (χ4n) is 3.38. The summed E-state index contributed by atoms with van der Waals surface area (Å²) in [5, 5.41) is 4.02. The molecule has 0 radical (unpaired) electrons. The van der Waals surface area contributed by atoms with Crippen LogP contribution in [0.2, 0.25) is 0 Å². The minimum absolute atomic E-state index is 0.0386. The zero-order chi connectivity index (χ0) is 18.4. The molecular weight excluding hydrogens is 332 g/mol. The molecule has 0 saturated heterocycles. The third-order valence-electron chi connectivity index (χ3n) is 4.81. The summed E-state index contributed by atoms with van der Waals surface area (Å²) in [6, 6.07) is 7.70. The minimum Gasteiger partial charge on any atom is -0.497 e. The van der Waals surface area contributed by atoms with Crippen molar-refractivity contribution in [1.82, 2.24) is 14.7 Å². The van der Waals surface area contributed by atoms with Gasteiger partial charge in [0, 0.05) is 5.69 Å². The van der Waals surface area contributed by atoms with E-state index in [1.165, 1.54) is 0 Å². The maximum absolute atomic E-state index is 12.5. The highest BCUT2D eigenvalue weighted by atomic mass is 16.5. The normalized spacial score (nSPS) is 13.4. The molecule has 4 rings (SSSR count). The highest BCUT2D eigenvalue weighted by Crippen LogP contribution is 2.35. The Bertz CT molecular complexity index is 966. The Balaban J connectivity index is 1.70. The molecule has 1 aromatic carbocycles. The molecule has 7 heteroatoms. The van der Waals surface area contributed by atoms with Crippen molar-refractivity contribution in [1.29, 1.82) is 0 Å². The third-order valence-corrected chi connectivity index (χ3v) is 4.81. The zero-order valence-corrected chi connectivity index (χ0v) is 15.2. The Morgan fingerprint density at radius 3 is 2.54 bits per heavy atom. The molecule has 1 amide bonds. The van der Waals surface area contributed by atoms with Crippen molar-refractivity contribution in [2.75, 3.05) is 12.0 Å². The lowest BCUT2D eigenvalue weighted by molar-refractivity contribution is -0.118. The van der Waals surface area contributed by atoms with Crippen LogP contribution in [0, 0.1) is 20.8 Å². The fraction of sp³-hybridized carbons (Fsp3) is 0.316. The highest BCUT2D eigenvalue weighted by Gasteiger charge is 2.33. The summed E-state index contributed by atoms with van der Waals surface area (Å²) in [5.74, 6) is 2.23. The van der Waals surface area contributed by atoms with Gasteiger partial charge in [0.1, 0.15) is 18.1 Å². The van der Waals surface area contributed by atoms with E-state index in [-0.39, 0.29) is 5.91 Å². The first kappa shape index (κ1) is 16.4. The van der Waals surface area contributed by atoms with Crippen LogP contribution in [0.4, 0.5) is 5.95 Å². The monoisotopic (exact) mass is 352 g/mol. The van der Waals surface area contributed by atoms with E-state index in [0.717, 1.165) is 39.7 Å². The van der Waals surface area contributed by atoms with E-state index in [2.05, 4.69) is 5.16 Å². The van der Waals surface area contributed by atoms with Gasteiger partial charge in [-0.25, -0.2) is 4.98 Å². The van der Waals surface area contributed by atoms with Crippen molar-refractivity contribution in [3.8, 4) is 17.0 Å². The number of nitrogens with zero attached hydrogens (tertiary/aromatic N) is 4. The second kappa shape index (κ2) is 6.01. The summed E-state index contributed by atoms with van der Waals surface area (Å²) in [5.41, 5.74) is 4.49. The Morgan fingerprint density at radius 1 is 1.19 bits per heavy atom. The van der Waals surface area contributed by atoms with Gasteiger partial charge < -0.3 is 13.8 Å². The van der Waals surface area contributed by atoms with Crippen molar-refractivity contribution in [3.05, 3.63) is 47.0 Å². The van der Waals surface area contributed by atoms with Crippen molar-refractivity contribution < 1.29 is 14.1 Å². The molecule has 1 aliphatic rings. The topological polar surface area (TPSA) is 73.4 Å². The maximum atomic E-state index is 12.5. The van der Waals surface area contributed by atoms with Crippen molar-refractivity contribution in [2.24, 2.45) is 0 Å². The van der Waals surface area contributed by atoms with Gasteiger partial charge >= 0.3 is 0 Å². The first-order valence-electron chi connectivity index (χ1n) is 8.43. The second-order valence-electron chi connectivity index (χ2n) is 6.46. The molecule has 0 bridgehead atoms. The number of methoxy groups -OCH3 is 1. The van der Waals surface area contributed by atoms with Gasteiger partial charge in [0.25, 0.3) is 0 Å². The summed E-state index contributed by atoms with van der Waals surface area (Å²) < 4.78 is 12.4. The number of amides is 1. The Labute approximate surface area is 151 Å². The quantitative estimate of drug-likeness (QED) is 0.722. The molecule has 26 heavy (non-hydrogen) atoms. The molecule has 0 aliphatic carbocycles. The van der Waals surface area contributed by atoms with Crippen LogP contribution >= 0.6 is 0 Å². The van der Waals surface area contributed by atoms with Gasteiger partial charge in [0.15, 0.2) is 0 Å². The lowest BCUT2D eigenvalue weighted by Crippen LogP contribution is -2.26. The lowest BCUT2D eigenvalue weighted by atomic mass is 10.1. The molecule has 0 atom stereocenters. The summed E-state index contributed by atoms with van der Waals surface area (Å²) in [6.45, 7) is 6.52. The Kier molecular flexibility index (Phi) is 3.79. The Hall–Kier alpha value is -3.09. The average molecular weight is 352 g/mol. The number of aryl methyl sites for hydroxylation is 2. The fourth-order valence-corrected chi connectivity index (χ4v) is 3.38. The van der Waals surface area contributed by atoms with E-state index in [1.807, 2.05) is 49.6 Å². The molecule has 3 aromatic rings. The summed E-state index contributed by atoms with van der Waals surface area (Å²) in [6.07, 6.45) is 0. The maximum Gasteiger partial charge on any atom is 0.249 e. The predicted molar refractivity (Wildman–Crippen MR) is 96.1 cm³/mol. The average Bonchev–Trinajstić information content (AvgIpc) is 3.23. The van der Waals surface area contributed by atoms with Crippen LogP contribution in [-0.4, -0.2) is 27.7 Å². The number of hydrogen-bond donors (Lipinski definition) is 0. The molecule has 1 aliphatic heterocycles. The number of fused-ring (bicyclic) bond motifs is 1. The first-order valence-corrected chi connectivity index (χ1v) is 8.43. The number of anilines is 1. The van der Waals surface area contributed by atoms with Gasteiger partial charge in [0.05, 0.1) is 30.6 Å². The number of carbonyl (C=O) groups excluding carboxylic acids is 1. The van der Waals surface area contributed by atoms with Crippen molar-refractivity contribution in [3.63, 3.8) is 0 Å². The van der Waals surface area contributed by atoms with Crippen LogP contribution in [0.5, 0.6) is 5.75 Å². The van der Waals surface area contributed by atoms with E-state index >= 15 is 0 Å². The van der Waals surface area contributed by atoms with E-state index in [4.69, 9.17) is 14.2 Å². The molecule has 0 fully saturated rings. The number of aromatic nitrogens is 3. The van der Waals surface area contributed by atoms with Crippen LogP contribution in [0.25, 0.3) is 11.3 Å².